The number of hydrogen-bond acceptors (Lipinski definition) is 1. The Morgan fingerprint density at radius 3 is 2.17 bits per heavy atom. The maximum Gasteiger partial charge on any atom is 0.235 e. The van der Waals surface area contributed by atoms with Crippen LogP contribution in [0.2, 0.25) is 0 Å². The van der Waals surface area contributed by atoms with Crippen molar-refractivity contribution in [1.82, 2.24) is 0 Å². The van der Waals surface area contributed by atoms with Crippen molar-refractivity contribution in [2.45, 2.75) is 13.8 Å². The summed E-state index contributed by atoms with van der Waals surface area (Å²) >= 11 is 0. The van der Waals surface area contributed by atoms with E-state index in [0.29, 0.717) is 5.56 Å². The second-order valence-electron chi connectivity index (χ2n) is 1.84. The fourth-order valence-electron chi connectivity index (χ4n) is 0.673. The number of Topliss-reactive ketones (excluding diaryl/α,β-unsaturated/α-hetero) is 1. The van der Waals surface area contributed by atoms with E-state index in [1.165, 1.54) is 0 Å². The van der Waals surface area contributed by atoms with Crippen LogP contribution in [0.25, 0.3) is 0 Å². The third kappa shape index (κ3) is 3.03. The minimum absolute atomic E-state index is 0.263. The molecule has 0 unspecified atom stereocenters. The Kier molecular flexibility index (Phi) is 5.38. The Balaban J connectivity index is 0.000000561. The molecule has 1 aromatic rings. The van der Waals surface area contributed by atoms with Crippen molar-refractivity contribution >= 4 is 5.78 Å². The van der Waals surface area contributed by atoms with E-state index >= 15 is 0 Å². The molecule has 0 fully saturated rings. The molecule has 0 spiro atoms. The van der Waals surface area contributed by atoms with Gasteiger partial charge >= 0.3 is 0 Å². The Morgan fingerprint density at radius 1 is 1.25 bits per heavy atom. The average Bonchev–Trinajstić information content (AvgIpc) is 2.21. The summed E-state index contributed by atoms with van der Waals surface area (Å²) in [6, 6.07) is 8.80. The first-order valence-electron chi connectivity index (χ1n) is 3.90. The van der Waals surface area contributed by atoms with Crippen molar-refractivity contribution in [3.8, 4) is 12.3 Å². The van der Waals surface area contributed by atoms with Gasteiger partial charge in [0, 0.05) is 5.56 Å². The zero-order chi connectivity index (χ0) is 9.40. The van der Waals surface area contributed by atoms with Crippen LogP contribution in [0.5, 0.6) is 0 Å². The van der Waals surface area contributed by atoms with Gasteiger partial charge in [0.2, 0.25) is 5.78 Å². The van der Waals surface area contributed by atoms with Gasteiger partial charge in [-0.2, -0.15) is 0 Å². The number of ketones is 1. The van der Waals surface area contributed by atoms with Crippen molar-refractivity contribution in [2.75, 3.05) is 0 Å². The summed E-state index contributed by atoms with van der Waals surface area (Å²) in [4.78, 5) is 10.8. The maximum atomic E-state index is 10.8. The third-order valence-corrected chi connectivity index (χ3v) is 1.17. The van der Waals surface area contributed by atoms with Gasteiger partial charge in [-0.3, -0.25) is 4.79 Å². The molecule has 0 bridgehead atoms. The topological polar surface area (TPSA) is 17.1 Å². The lowest BCUT2D eigenvalue weighted by Gasteiger charge is -1.88. The largest absolute Gasteiger partial charge is 0.279 e. The fourth-order valence-corrected chi connectivity index (χ4v) is 0.673. The summed E-state index contributed by atoms with van der Waals surface area (Å²) in [5.74, 6) is 1.78. The van der Waals surface area contributed by atoms with Crippen LogP contribution in [0.15, 0.2) is 30.3 Å². The zero-order valence-corrected chi connectivity index (χ0v) is 7.37. The van der Waals surface area contributed by atoms with Crippen molar-refractivity contribution in [2.24, 2.45) is 0 Å². The fraction of sp³-hybridized carbons (Fsp3) is 0.182. The predicted octanol–water partition coefficient (Wildman–Crippen LogP) is 2.53. The van der Waals surface area contributed by atoms with Gasteiger partial charge in [0.15, 0.2) is 0 Å². The molecule has 1 aromatic carbocycles. The van der Waals surface area contributed by atoms with E-state index in [2.05, 4.69) is 0 Å². The van der Waals surface area contributed by atoms with Crippen LogP contribution >= 0.6 is 0 Å². The standard InChI is InChI=1S/C9H6O.C2H6/c1-2-9(10)8-6-4-3-5-7-8;1-2/h1,3-7H;1-2H3. The maximum absolute atomic E-state index is 10.8. The molecule has 1 heteroatoms. The molecule has 0 atom stereocenters. The summed E-state index contributed by atoms with van der Waals surface area (Å²) in [7, 11) is 0. The number of carbonyl (C=O) groups is 1. The number of rotatable bonds is 1. The van der Waals surface area contributed by atoms with Gasteiger partial charge in [0.1, 0.15) is 0 Å². The Bertz CT molecular complexity index is 267. The summed E-state index contributed by atoms with van der Waals surface area (Å²) in [5.41, 5.74) is 0.574. The molecule has 0 aliphatic heterocycles. The van der Waals surface area contributed by atoms with Crippen LogP contribution in [0, 0.1) is 12.3 Å². The smallest absolute Gasteiger partial charge is 0.235 e. The molecule has 0 aromatic heterocycles. The van der Waals surface area contributed by atoms with Gasteiger partial charge in [0.25, 0.3) is 0 Å². The second-order valence-corrected chi connectivity index (χ2v) is 1.84. The summed E-state index contributed by atoms with van der Waals surface area (Å²) in [5, 5.41) is 0. The normalized spacial score (nSPS) is 7.42. The van der Waals surface area contributed by atoms with E-state index in [1.807, 2.05) is 25.8 Å². The van der Waals surface area contributed by atoms with Crippen molar-refractivity contribution in [1.29, 1.82) is 0 Å². The molecule has 0 aliphatic carbocycles. The van der Waals surface area contributed by atoms with E-state index in [-0.39, 0.29) is 5.78 Å². The van der Waals surface area contributed by atoms with Crippen molar-refractivity contribution < 1.29 is 4.79 Å². The minimum Gasteiger partial charge on any atom is -0.279 e. The molecule has 12 heavy (non-hydrogen) atoms. The SMILES string of the molecule is C#CC(=O)c1ccccc1.CC. The molecule has 1 rings (SSSR count). The Labute approximate surface area is 73.4 Å². The van der Waals surface area contributed by atoms with E-state index in [9.17, 15) is 4.79 Å². The third-order valence-electron chi connectivity index (χ3n) is 1.17. The minimum atomic E-state index is -0.263. The van der Waals surface area contributed by atoms with Crippen molar-refractivity contribution in [3.05, 3.63) is 35.9 Å². The molecule has 0 N–H and O–H groups in total. The quantitative estimate of drug-likeness (QED) is 0.350. The molecule has 0 amide bonds. The first-order valence-corrected chi connectivity index (χ1v) is 3.90. The summed E-state index contributed by atoms with van der Waals surface area (Å²) in [6.07, 6.45) is 4.90. The lowest BCUT2D eigenvalue weighted by atomic mass is 10.1. The highest BCUT2D eigenvalue weighted by molar-refractivity contribution is 6.08. The zero-order valence-electron chi connectivity index (χ0n) is 7.37. The first-order chi connectivity index (χ1) is 5.84. The van der Waals surface area contributed by atoms with E-state index in [1.54, 1.807) is 24.3 Å². The number of terminal acetylenes is 1. The van der Waals surface area contributed by atoms with Gasteiger partial charge in [-0.15, -0.1) is 6.42 Å². The molecule has 0 radical (unpaired) electrons. The monoisotopic (exact) mass is 160 g/mol. The second kappa shape index (κ2) is 6.18. The van der Waals surface area contributed by atoms with Gasteiger partial charge in [-0.1, -0.05) is 44.2 Å². The van der Waals surface area contributed by atoms with Gasteiger partial charge < -0.3 is 0 Å². The van der Waals surface area contributed by atoms with Gasteiger partial charge in [-0.05, 0) is 5.92 Å². The molecule has 0 saturated heterocycles. The molecule has 62 valence electrons. The van der Waals surface area contributed by atoms with E-state index in [4.69, 9.17) is 6.42 Å². The number of hydrogen-bond donors (Lipinski definition) is 0. The molecular formula is C11H12O. The molecular weight excluding hydrogens is 148 g/mol. The van der Waals surface area contributed by atoms with Crippen LogP contribution in [-0.4, -0.2) is 5.78 Å². The van der Waals surface area contributed by atoms with E-state index < -0.39 is 0 Å². The summed E-state index contributed by atoms with van der Waals surface area (Å²) < 4.78 is 0. The van der Waals surface area contributed by atoms with Crippen LogP contribution in [-0.2, 0) is 0 Å². The summed E-state index contributed by atoms with van der Waals surface area (Å²) in [6.45, 7) is 4.00. The highest BCUT2D eigenvalue weighted by atomic mass is 16.1. The van der Waals surface area contributed by atoms with Crippen molar-refractivity contribution in [3.63, 3.8) is 0 Å². The number of carbonyl (C=O) groups excluding carboxylic acids is 1. The number of benzene rings is 1. The molecule has 0 saturated carbocycles. The molecule has 1 nitrogen and oxygen atoms in total. The van der Waals surface area contributed by atoms with Crippen LogP contribution in [0.3, 0.4) is 0 Å². The highest BCUT2D eigenvalue weighted by Crippen LogP contribution is 1.97. The van der Waals surface area contributed by atoms with Gasteiger partial charge in [-0.25, -0.2) is 0 Å². The Morgan fingerprint density at radius 2 is 1.75 bits per heavy atom. The highest BCUT2D eigenvalue weighted by Gasteiger charge is 1.96. The average molecular weight is 160 g/mol. The molecule has 0 aliphatic rings. The lowest BCUT2D eigenvalue weighted by molar-refractivity contribution is 0.105. The Hall–Kier alpha value is -1.55. The van der Waals surface area contributed by atoms with Crippen LogP contribution in [0.1, 0.15) is 24.2 Å². The van der Waals surface area contributed by atoms with E-state index in [0.717, 1.165) is 0 Å². The predicted molar refractivity (Wildman–Crippen MR) is 51.0 cm³/mol. The van der Waals surface area contributed by atoms with Crippen LogP contribution in [0.4, 0.5) is 0 Å². The van der Waals surface area contributed by atoms with Crippen LogP contribution < -0.4 is 0 Å². The first kappa shape index (κ1) is 10.4. The van der Waals surface area contributed by atoms with Gasteiger partial charge in [0.05, 0.1) is 0 Å². The lowest BCUT2D eigenvalue weighted by Crippen LogP contribution is -1.91. The molecule has 0 heterocycles.